The zero-order valence-electron chi connectivity index (χ0n) is 14.4. The maximum Gasteiger partial charge on any atom is 0.226 e. The number of fused-ring (bicyclic) bond motifs is 1. The molecule has 25 heavy (non-hydrogen) atoms. The lowest BCUT2D eigenvalue weighted by atomic mass is 10.1. The number of benzene rings is 1. The van der Waals surface area contributed by atoms with Crippen molar-refractivity contribution in [2.45, 2.75) is 45.3 Å². The van der Waals surface area contributed by atoms with Crippen molar-refractivity contribution in [2.24, 2.45) is 0 Å². The predicted molar refractivity (Wildman–Crippen MR) is 92.8 cm³/mol. The van der Waals surface area contributed by atoms with Gasteiger partial charge < -0.3 is 14.3 Å². The van der Waals surface area contributed by atoms with Gasteiger partial charge in [0.25, 0.3) is 0 Å². The molecular formula is C18H23N5O2. The van der Waals surface area contributed by atoms with Crippen LogP contribution in [-0.2, 0) is 19.5 Å². The molecule has 0 radical (unpaired) electrons. The first-order valence-electron chi connectivity index (χ1n) is 8.92. The smallest absolute Gasteiger partial charge is 0.226 e. The summed E-state index contributed by atoms with van der Waals surface area (Å²) in [6.07, 6.45) is 3.09. The molecule has 4 rings (SSSR count). The van der Waals surface area contributed by atoms with Crippen molar-refractivity contribution in [1.82, 2.24) is 25.3 Å². The second kappa shape index (κ2) is 7.33. The Morgan fingerprint density at radius 3 is 3.00 bits per heavy atom. The molecule has 3 aromatic rings. The molecule has 1 aromatic carbocycles. The van der Waals surface area contributed by atoms with E-state index in [9.17, 15) is 0 Å². The average Bonchev–Trinajstić information content (AvgIpc) is 3.26. The van der Waals surface area contributed by atoms with Gasteiger partial charge in [0.2, 0.25) is 11.8 Å². The lowest BCUT2D eigenvalue weighted by molar-refractivity contribution is 0.175. The summed E-state index contributed by atoms with van der Waals surface area (Å²) in [5.41, 5.74) is 1.75. The van der Waals surface area contributed by atoms with Crippen LogP contribution in [0.3, 0.4) is 0 Å². The molecular weight excluding hydrogens is 318 g/mol. The summed E-state index contributed by atoms with van der Waals surface area (Å²) in [4.78, 5) is 11.3. The molecule has 7 nitrogen and oxygen atoms in total. The molecule has 7 heteroatoms. The highest BCUT2D eigenvalue weighted by atomic mass is 16.5. The first-order chi connectivity index (χ1) is 12.3. The van der Waals surface area contributed by atoms with E-state index in [0.717, 1.165) is 61.7 Å². The molecule has 132 valence electrons. The van der Waals surface area contributed by atoms with Crippen molar-refractivity contribution in [3.63, 3.8) is 0 Å². The van der Waals surface area contributed by atoms with E-state index in [1.807, 2.05) is 31.2 Å². The molecule has 1 saturated heterocycles. The Hall–Kier alpha value is -2.25. The van der Waals surface area contributed by atoms with Gasteiger partial charge in [-0.3, -0.25) is 4.90 Å². The highest BCUT2D eigenvalue weighted by molar-refractivity contribution is 5.72. The molecule has 0 amide bonds. The fourth-order valence-corrected chi connectivity index (χ4v) is 3.29. The van der Waals surface area contributed by atoms with Crippen molar-refractivity contribution >= 4 is 11.1 Å². The van der Waals surface area contributed by atoms with E-state index in [0.29, 0.717) is 18.5 Å². The summed E-state index contributed by atoms with van der Waals surface area (Å²) in [5.74, 6) is 2.22. The molecule has 1 aliphatic rings. The van der Waals surface area contributed by atoms with Gasteiger partial charge in [0.15, 0.2) is 11.4 Å². The van der Waals surface area contributed by atoms with E-state index in [2.05, 4.69) is 25.3 Å². The van der Waals surface area contributed by atoms with Gasteiger partial charge in [0.05, 0.1) is 13.1 Å². The molecule has 3 heterocycles. The van der Waals surface area contributed by atoms with Crippen LogP contribution in [0.1, 0.15) is 37.4 Å². The summed E-state index contributed by atoms with van der Waals surface area (Å²) in [6.45, 7) is 5.44. The summed E-state index contributed by atoms with van der Waals surface area (Å²) in [7, 11) is 0. The SMILES string of the molecule is CCc1nc(CN2CCC[C@H](NCc3nc4ccccc4o3)C2)no1. The summed E-state index contributed by atoms with van der Waals surface area (Å²) in [5, 5.41) is 7.62. The maximum absolute atomic E-state index is 5.78. The Morgan fingerprint density at radius 2 is 2.16 bits per heavy atom. The van der Waals surface area contributed by atoms with Gasteiger partial charge in [-0.15, -0.1) is 0 Å². The number of rotatable bonds is 6. The van der Waals surface area contributed by atoms with Gasteiger partial charge in [-0.25, -0.2) is 4.98 Å². The number of nitrogens with one attached hydrogen (secondary N) is 1. The van der Waals surface area contributed by atoms with E-state index in [1.165, 1.54) is 0 Å². The zero-order chi connectivity index (χ0) is 17.1. The Kier molecular flexibility index (Phi) is 4.76. The van der Waals surface area contributed by atoms with Gasteiger partial charge in [-0.2, -0.15) is 4.98 Å². The monoisotopic (exact) mass is 341 g/mol. The first kappa shape index (κ1) is 16.2. The van der Waals surface area contributed by atoms with Gasteiger partial charge in [-0.1, -0.05) is 24.2 Å². The molecule has 0 saturated carbocycles. The predicted octanol–water partition coefficient (Wildman–Crippen LogP) is 2.53. The van der Waals surface area contributed by atoms with Crippen molar-refractivity contribution in [3.05, 3.63) is 41.9 Å². The molecule has 1 aliphatic heterocycles. The molecule has 1 N–H and O–H groups in total. The molecule has 0 spiro atoms. The van der Waals surface area contributed by atoms with E-state index >= 15 is 0 Å². The highest BCUT2D eigenvalue weighted by Gasteiger charge is 2.21. The number of hydrogen-bond donors (Lipinski definition) is 1. The number of aromatic nitrogens is 3. The minimum absolute atomic E-state index is 0.418. The third-order valence-corrected chi connectivity index (χ3v) is 4.56. The Bertz CT molecular complexity index is 795. The number of aryl methyl sites for hydroxylation is 1. The van der Waals surface area contributed by atoms with Gasteiger partial charge in [0.1, 0.15) is 5.52 Å². The third-order valence-electron chi connectivity index (χ3n) is 4.56. The number of hydrogen-bond acceptors (Lipinski definition) is 7. The second-order valence-corrected chi connectivity index (χ2v) is 6.49. The lowest BCUT2D eigenvalue weighted by Crippen LogP contribution is -2.45. The van der Waals surface area contributed by atoms with E-state index in [1.54, 1.807) is 0 Å². The standard InChI is InChI=1S/C18H23N5O2/c1-2-17-21-16(22-25-17)12-23-9-5-6-13(11-23)19-10-18-20-14-7-3-4-8-15(14)24-18/h3-4,7-8,13,19H,2,5-6,9-12H2,1H3/t13-/m0/s1. The summed E-state index contributed by atoms with van der Waals surface area (Å²) in [6, 6.07) is 8.28. The fourth-order valence-electron chi connectivity index (χ4n) is 3.29. The number of para-hydroxylation sites is 2. The normalized spacial score (nSPS) is 18.8. The van der Waals surface area contributed by atoms with Crippen LogP contribution in [0.2, 0.25) is 0 Å². The minimum Gasteiger partial charge on any atom is -0.439 e. The van der Waals surface area contributed by atoms with Crippen LogP contribution < -0.4 is 5.32 Å². The van der Waals surface area contributed by atoms with E-state index in [4.69, 9.17) is 8.94 Å². The van der Waals surface area contributed by atoms with Crippen molar-refractivity contribution in [3.8, 4) is 0 Å². The molecule has 0 unspecified atom stereocenters. The van der Waals surface area contributed by atoms with Crippen LogP contribution in [0.15, 0.2) is 33.2 Å². The maximum atomic E-state index is 5.78. The summed E-state index contributed by atoms with van der Waals surface area (Å²) >= 11 is 0. The minimum atomic E-state index is 0.418. The van der Waals surface area contributed by atoms with Crippen molar-refractivity contribution < 1.29 is 8.94 Å². The third kappa shape index (κ3) is 3.88. The van der Waals surface area contributed by atoms with Crippen molar-refractivity contribution in [2.75, 3.05) is 13.1 Å². The Labute approximate surface area is 146 Å². The second-order valence-electron chi connectivity index (χ2n) is 6.49. The van der Waals surface area contributed by atoms with Crippen molar-refractivity contribution in [1.29, 1.82) is 0 Å². The van der Waals surface area contributed by atoms with Crippen LogP contribution >= 0.6 is 0 Å². The van der Waals surface area contributed by atoms with E-state index < -0.39 is 0 Å². The van der Waals surface area contributed by atoms with Gasteiger partial charge in [0, 0.05) is 19.0 Å². The number of oxazole rings is 1. The highest BCUT2D eigenvalue weighted by Crippen LogP contribution is 2.16. The lowest BCUT2D eigenvalue weighted by Gasteiger charge is -2.32. The molecule has 1 fully saturated rings. The number of piperidine rings is 1. The Balaban J connectivity index is 1.31. The van der Waals surface area contributed by atoms with Crippen LogP contribution in [0.4, 0.5) is 0 Å². The first-order valence-corrected chi connectivity index (χ1v) is 8.92. The van der Waals surface area contributed by atoms with E-state index in [-0.39, 0.29) is 0 Å². The molecule has 0 aliphatic carbocycles. The Morgan fingerprint density at radius 1 is 1.24 bits per heavy atom. The van der Waals surface area contributed by atoms with Crippen LogP contribution in [0, 0.1) is 0 Å². The van der Waals surface area contributed by atoms with Gasteiger partial charge in [-0.05, 0) is 31.5 Å². The summed E-state index contributed by atoms with van der Waals surface area (Å²) < 4.78 is 11.0. The van der Waals surface area contributed by atoms with Crippen LogP contribution in [-0.4, -0.2) is 39.2 Å². The fraction of sp³-hybridized carbons (Fsp3) is 0.500. The van der Waals surface area contributed by atoms with Crippen LogP contribution in [0.5, 0.6) is 0 Å². The zero-order valence-corrected chi connectivity index (χ0v) is 14.4. The molecule has 0 bridgehead atoms. The average molecular weight is 341 g/mol. The largest absolute Gasteiger partial charge is 0.439 e. The number of nitrogens with zero attached hydrogens (tertiary/aromatic N) is 4. The molecule has 2 aromatic heterocycles. The molecule has 1 atom stereocenters. The quantitative estimate of drug-likeness (QED) is 0.738. The topological polar surface area (TPSA) is 80.2 Å². The van der Waals surface area contributed by atoms with Gasteiger partial charge >= 0.3 is 0 Å². The number of likely N-dealkylation sites (tertiary alicyclic amines) is 1. The van der Waals surface area contributed by atoms with Crippen LogP contribution in [0.25, 0.3) is 11.1 Å².